The van der Waals surface area contributed by atoms with Gasteiger partial charge in [-0.3, -0.25) is 9.59 Å². The quantitative estimate of drug-likeness (QED) is 0.161. The summed E-state index contributed by atoms with van der Waals surface area (Å²) in [6, 6.07) is 18.1. The summed E-state index contributed by atoms with van der Waals surface area (Å²) in [5.74, 6) is 1.81. The highest BCUT2D eigenvalue weighted by Crippen LogP contribution is 2.35. The molecule has 6 N–H and O–H groups in total. The summed E-state index contributed by atoms with van der Waals surface area (Å²) >= 11 is 0. The second-order valence-corrected chi connectivity index (χ2v) is 14.2. The highest BCUT2D eigenvalue weighted by molar-refractivity contribution is 5.92. The zero-order valence-corrected chi connectivity index (χ0v) is 28.2. The van der Waals surface area contributed by atoms with Gasteiger partial charge < -0.3 is 31.2 Å². The summed E-state index contributed by atoms with van der Waals surface area (Å²) < 4.78 is 0. The van der Waals surface area contributed by atoms with Crippen molar-refractivity contribution < 1.29 is 9.59 Å². The van der Waals surface area contributed by atoms with Gasteiger partial charge in [-0.15, -0.1) is 0 Å². The fourth-order valence-electron chi connectivity index (χ4n) is 7.20. The lowest BCUT2D eigenvalue weighted by Crippen LogP contribution is -2.46. The van der Waals surface area contributed by atoms with Crippen LogP contribution in [0.1, 0.15) is 77.1 Å². The molecule has 2 saturated heterocycles. The number of hydrogen-bond donors (Lipinski definition) is 4. The van der Waals surface area contributed by atoms with Crippen LogP contribution < -0.4 is 11.5 Å². The van der Waals surface area contributed by atoms with E-state index in [-0.39, 0.29) is 35.7 Å². The summed E-state index contributed by atoms with van der Waals surface area (Å²) in [4.78, 5) is 46.6. The van der Waals surface area contributed by atoms with E-state index in [0.717, 1.165) is 81.5 Å². The second kappa shape index (κ2) is 12.8. The van der Waals surface area contributed by atoms with Crippen molar-refractivity contribution in [3.63, 3.8) is 0 Å². The Morgan fingerprint density at radius 3 is 1.90 bits per heavy atom. The number of carbonyl (C=O) groups is 2. The summed E-state index contributed by atoms with van der Waals surface area (Å²) in [6.07, 6.45) is 5.50. The zero-order valence-electron chi connectivity index (χ0n) is 28.2. The number of amides is 2. The van der Waals surface area contributed by atoms with Crippen LogP contribution in [0.15, 0.2) is 60.8 Å². The molecule has 0 radical (unpaired) electrons. The van der Waals surface area contributed by atoms with E-state index in [1.165, 1.54) is 0 Å². The standard InChI is InChI=1S/C38H46N8O2/c1-21(2)33(39)37(47)45-15-5-7-31(45)35-41-20-30(44-35)27-12-11-23-17-24(9-10-25(23)18-27)26-13-14-28-29(19-26)43-36(42-28)32-8-6-16-46(32)38(48)34(40)22(3)4/h9-14,17-22,31-34H,5-8,15-16,39-40H2,1-4H3,(H,41,44)(H,42,43)/t31-,32-,33-,34-/m0/s1. The van der Waals surface area contributed by atoms with Crippen molar-refractivity contribution in [1.29, 1.82) is 0 Å². The lowest BCUT2D eigenvalue weighted by molar-refractivity contribution is -0.135. The number of carbonyl (C=O) groups excluding carboxylic acids is 2. The number of aromatic nitrogens is 4. The average Bonchev–Trinajstić information content (AvgIpc) is 3.91. The van der Waals surface area contributed by atoms with E-state index in [1.54, 1.807) is 0 Å². The summed E-state index contributed by atoms with van der Waals surface area (Å²) in [7, 11) is 0. The molecule has 4 heterocycles. The number of hydrogen-bond acceptors (Lipinski definition) is 6. The van der Waals surface area contributed by atoms with Crippen molar-refractivity contribution in [2.75, 3.05) is 13.1 Å². The maximum atomic E-state index is 13.1. The van der Waals surface area contributed by atoms with Crippen molar-refractivity contribution in [3.8, 4) is 22.4 Å². The van der Waals surface area contributed by atoms with Crippen molar-refractivity contribution >= 4 is 33.6 Å². The lowest BCUT2D eigenvalue weighted by Gasteiger charge is -2.27. The van der Waals surface area contributed by atoms with Gasteiger partial charge in [0.25, 0.3) is 0 Å². The zero-order chi connectivity index (χ0) is 33.7. The van der Waals surface area contributed by atoms with Crippen LogP contribution in [-0.4, -0.2) is 66.7 Å². The molecule has 2 aromatic heterocycles. The van der Waals surface area contributed by atoms with Gasteiger partial charge in [0.1, 0.15) is 11.6 Å². The molecule has 0 aliphatic carbocycles. The largest absolute Gasteiger partial charge is 0.340 e. The molecule has 2 fully saturated rings. The molecular weight excluding hydrogens is 600 g/mol. The van der Waals surface area contributed by atoms with Gasteiger partial charge in [-0.05, 0) is 83.7 Å². The number of likely N-dealkylation sites (tertiary alicyclic amines) is 2. The van der Waals surface area contributed by atoms with Gasteiger partial charge in [0.15, 0.2) is 0 Å². The SMILES string of the molecule is CC(C)[C@H](N)C(=O)N1CCC[C@H]1c1ncc(-c2ccc3cc(-c4ccc5nc([C@@H]6CCCN6C(=O)[C@@H](N)C(C)C)[nH]c5c4)ccc3c2)[nH]1. The molecule has 4 atom stereocenters. The third-order valence-electron chi connectivity index (χ3n) is 10.3. The number of nitrogens with two attached hydrogens (primary N) is 2. The Morgan fingerprint density at radius 1 is 0.729 bits per heavy atom. The minimum absolute atomic E-state index is 0.000171. The fraction of sp³-hybridized carbons (Fsp3) is 0.421. The third kappa shape index (κ3) is 5.88. The number of aromatic amines is 2. The van der Waals surface area contributed by atoms with Gasteiger partial charge in [0, 0.05) is 18.7 Å². The lowest BCUT2D eigenvalue weighted by atomic mass is 9.99. The molecular formula is C38H46N8O2. The highest BCUT2D eigenvalue weighted by atomic mass is 16.2. The molecule has 0 unspecified atom stereocenters. The minimum atomic E-state index is -0.503. The Bertz CT molecular complexity index is 1980. The molecule has 3 aromatic carbocycles. The van der Waals surface area contributed by atoms with E-state index in [0.29, 0.717) is 13.1 Å². The van der Waals surface area contributed by atoms with E-state index in [2.05, 4.69) is 58.5 Å². The second-order valence-electron chi connectivity index (χ2n) is 14.2. The van der Waals surface area contributed by atoms with E-state index in [4.69, 9.17) is 21.4 Å². The summed E-state index contributed by atoms with van der Waals surface area (Å²) in [6.45, 7) is 9.35. The Kier molecular flexibility index (Phi) is 8.55. The molecule has 2 aliphatic rings. The Morgan fingerprint density at radius 2 is 1.27 bits per heavy atom. The predicted molar refractivity (Wildman–Crippen MR) is 190 cm³/mol. The Balaban J connectivity index is 1.10. The van der Waals surface area contributed by atoms with Gasteiger partial charge in [0.2, 0.25) is 11.8 Å². The number of rotatable bonds is 8. The summed E-state index contributed by atoms with van der Waals surface area (Å²) in [5, 5.41) is 2.27. The highest BCUT2D eigenvalue weighted by Gasteiger charge is 2.36. The van der Waals surface area contributed by atoms with E-state index in [9.17, 15) is 9.59 Å². The maximum absolute atomic E-state index is 13.1. The normalized spacial score (nSPS) is 19.7. The monoisotopic (exact) mass is 646 g/mol. The van der Waals surface area contributed by atoms with Gasteiger partial charge in [-0.25, -0.2) is 9.97 Å². The predicted octanol–water partition coefficient (Wildman–Crippen LogP) is 6.07. The topological polar surface area (TPSA) is 150 Å². The molecule has 2 aliphatic heterocycles. The first-order valence-electron chi connectivity index (χ1n) is 17.3. The van der Waals surface area contributed by atoms with E-state index >= 15 is 0 Å². The molecule has 48 heavy (non-hydrogen) atoms. The van der Waals surface area contributed by atoms with E-state index < -0.39 is 12.1 Å². The first-order chi connectivity index (χ1) is 23.1. The van der Waals surface area contributed by atoms with Gasteiger partial charge in [0.05, 0.1) is 47.1 Å². The number of benzene rings is 3. The number of fused-ring (bicyclic) bond motifs is 2. The van der Waals surface area contributed by atoms with Crippen molar-refractivity contribution in [3.05, 3.63) is 72.4 Å². The maximum Gasteiger partial charge on any atom is 0.240 e. The molecule has 0 bridgehead atoms. The Hall–Kier alpha value is -4.54. The molecule has 0 spiro atoms. The van der Waals surface area contributed by atoms with Crippen LogP contribution in [0.3, 0.4) is 0 Å². The molecule has 10 heteroatoms. The first kappa shape index (κ1) is 32.0. The average molecular weight is 647 g/mol. The molecule has 0 saturated carbocycles. The van der Waals surface area contributed by atoms with Crippen LogP contribution in [-0.2, 0) is 9.59 Å². The van der Waals surface area contributed by atoms with Crippen molar-refractivity contribution in [2.24, 2.45) is 23.3 Å². The summed E-state index contributed by atoms with van der Waals surface area (Å²) in [5.41, 5.74) is 18.5. The van der Waals surface area contributed by atoms with Gasteiger partial charge >= 0.3 is 0 Å². The van der Waals surface area contributed by atoms with Crippen LogP contribution in [0.5, 0.6) is 0 Å². The third-order valence-corrected chi connectivity index (χ3v) is 10.3. The number of imidazole rings is 2. The van der Waals surface area contributed by atoms with Gasteiger partial charge in [-0.1, -0.05) is 58.0 Å². The van der Waals surface area contributed by atoms with Crippen LogP contribution in [0, 0.1) is 11.8 Å². The van der Waals surface area contributed by atoms with Crippen molar-refractivity contribution in [2.45, 2.75) is 77.5 Å². The molecule has 250 valence electrons. The van der Waals surface area contributed by atoms with Crippen LogP contribution in [0.4, 0.5) is 0 Å². The van der Waals surface area contributed by atoms with Crippen LogP contribution in [0.2, 0.25) is 0 Å². The first-order valence-corrected chi connectivity index (χ1v) is 17.3. The number of nitrogens with one attached hydrogen (secondary N) is 2. The number of H-pyrrole nitrogens is 2. The van der Waals surface area contributed by atoms with Crippen LogP contribution >= 0.6 is 0 Å². The Labute approximate surface area is 281 Å². The minimum Gasteiger partial charge on any atom is -0.340 e. The number of nitrogens with zero attached hydrogens (tertiary/aromatic N) is 4. The fourth-order valence-corrected chi connectivity index (χ4v) is 7.20. The molecule has 10 nitrogen and oxygen atoms in total. The smallest absolute Gasteiger partial charge is 0.240 e. The molecule has 2 amide bonds. The van der Waals surface area contributed by atoms with Crippen LogP contribution in [0.25, 0.3) is 44.2 Å². The molecule has 7 rings (SSSR count). The van der Waals surface area contributed by atoms with Gasteiger partial charge in [-0.2, -0.15) is 0 Å². The molecule has 5 aromatic rings. The van der Waals surface area contributed by atoms with Crippen molar-refractivity contribution in [1.82, 2.24) is 29.7 Å². The van der Waals surface area contributed by atoms with E-state index in [1.807, 2.05) is 49.8 Å².